The Labute approximate surface area is 206 Å². The second-order valence-electron chi connectivity index (χ2n) is 7.54. The Morgan fingerprint density at radius 2 is 1.77 bits per heavy atom. The van der Waals surface area contributed by atoms with Crippen molar-refractivity contribution in [3.63, 3.8) is 0 Å². The van der Waals surface area contributed by atoms with E-state index in [2.05, 4.69) is 18.8 Å². The number of hydrogen-bond donors (Lipinski definition) is 2. The minimum atomic E-state index is -4.12. The highest BCUT2D eigenvalue weighted by molar-refractivity contribution is 7.89. The van der Waals surface area contributed by atoms with Crippen molar-refractivity contribution >= 4 is 50.3 Å². The fourth-order valence-electron chi connectivity index (χ4n) is 3.45. The molecule has 9 nitrogen and oxygen atoms in total. The lowest BCUT2D eigenvalue weighted by molar-refractivity contribution is -0.117. The van der Waals surface area contributed by atoms with Gasteiger partial charge in [-0.3, -0.25) is 4.79 Å². The topological polar surface area (TPSA) is 127 Å². The second-order valence-corrected chi connectivity index (χ2v) is 9.75. The molecule has 0 aliphatic heterocycles. The number of ether oxygens (including phenoxy) is 1. The number of aromatic nitrogens is 2. The molecule has 35 heavy (non-hydrogen) atoms. The highest BCUT2D eigenvalue weighted by Gasteiger charge is 2.28. The van der Waals surface area contributed by atoms with Gasteiger partial charge in [0.1, 0.15) is 22.0 Å². The SMILES string of the molecule is CCOC(=O)c1cccc(NC(=O)[C@@H](Cc2ccccc2)NS(=O)(=O)c2cccc3nsnc23)c1. The fraction of sp³-hybridized carbons (Fsp3) is 0.167. The van der Waals surface area contributed by atoms with Crippen LogP contribution in [0, 0.1) is 0 Å². The number of carbonyl (C=O) groups excluding carboxylic acids is 2. The van der Waals surface area contributed by atoms with Gasteiger partial charge in [-0.05, 0) is 49.2 Å². The van der Waals surface area contributed by atoms with Gasteiger partial charge >= 0.3 is 5.97 Å². The molecule has 0 saturated carbocycles. The summed E-state index contributed by atoms with van der Waals surface area (Å²) in [7, 11) is -4.12. The highest BCUT2D eigenvalue weighted by atomic mass is 32.2. The maximum absolute atomic E-state index is 13.3. The van der Waals surface area contributed by atoms with Gasteiger partial charge in [0, 0.05) is 5.69 Å². The van der Waals surface area contributed by atoms with Crippen molar-refractivity contribution in [2.75, 3.05) is 11.9 Å². The first-order chi connectivity index (χ1) is 16.9. The van der Waals surface area contributed by atoms with E-state index in [4.69, 9.17) is 4.74 Å². The van der Waals surface area contributed by atoms with Gasteiger partial charge in [-0.2, -0.15) is 13.5 Å². The lowest BCUT2D eigenvalue weighted by atomic mass is 10.1. The molecule has 0 aliphatic carbocycles. The van der Waals surface area contributed by atoms with Gasteiger partial charge in [0.15, 0.2) is 0 Å². The summed E-state index contributed by atoms with van der Waals surface area (Å²) in [4.78, 5) is 25.3. The number of hydrogen-bond acceptors (Lipinski definition) is 8. The van der Waals surface area contributed by atoms with Crippen molar-refractivity contribution in [2.45, 2.75) is 24.3 Å². The predicted molar refractivity (Wildman–Crippen MR) is 133 cm³/mol. The molecule has 0 fully saturated rings. The van der Waals surface area contributed by atoms with Gasteiger partial charge in [0.2, 0.25) is 15.9 Å². The van der Waals surface area contributed by atoms with Gasteiger partial charge in [-0.1, -0.05) is 42.5 Å². The molecule has 1 amide bonds. The van der Waals surface area contributed by atoms with E-state index in [1.807, 2.05) is 18.2 Å². The molecule has 11 heteroatoms. The van der Waals surface area contributed by atoms with Crippen LogP contribution in [0.15, 0.2) is 77.7 Å². The number of rotatable bonds is 9. The van der Waals surface area contributed by atoms with Crippen LogP contribution in [0.5, 0.6) is 0 Å². The molecule has 0 unspecified atom stereocenters. The Morgan fingerprint density at radius 1 is 1.00 bits per heavy atom. The zero-order chi connectivity index (χ0) is 24.8. The number of sulfonamides is 1. The number of esters is 1. The van der Waals surface area contributed by atoms with E-state index in [1.54, 1.807) is 49.4 Å². The lowest BCUT2D eigenvalue weighted by Gasteiger charge is -2.19. The van der Waals surface area contributed by atoms with Crippen LogP contribution in [0.4, 0.5) is 5.69 Å². The molecule has 0 radical (unpaired) electrons. The van der Waals surface area contributed by atoms with E-state index >= 15 is 0 Å². The van der Waals surface area contributed by atoms with Crippen LogP contribution in [0.2, 0.25) is 0 Å². The van der Waals surface area contributed by atoms with Crippen molar-refractivity contribution < 1.29 is 22.7 Å². The maximum atomic E-state index is 13.3. The van der Waals surface area contributed by atoms with Crippen LogP contribution in [0.25, 0.3) is 11.0 Å². The first-order valence-corrected chi connectivity index (χ1v) is 12.9. The Hall–Kier alpha value is -3.67. The molecular formula is C24H22N4O5S2. The molecule has 0 saturated heterocycles. The summed E-state index contributed by atoms with van der Waals surface area (Å²) in [6.45, 7) is 1.92. The van der Waals surface area contributed by atoms with Crippen LogP contribution in [0.3, 0.4) is 0 Å². The summed E-state index contributed by atoms with van der Waals surface area (Å²) in [6, 6.07) is 18.8. The third kappa shape index (κ3) is 5.88. The zero-order valence-electron chi connectivity index (χ0n) is 18.7. The molecule has 3 aromatic carbocycles. The Balaban J connectivity index is 1.62. The Bertz CT molecular complexity index is 1460. The maximum Gasteiger partial charge on any atom is 0.338 e. The molecule has 4 rings (SSSR count). The predicted octanol–water partition coefficient (Wildman–Crippen LogP) is 3.40. The Kier molecular flexibility index (Phi) is 7.49. The van der Waals surface area contributed by atoms with Crippen LogP contribution in [0.1, 0.15) is 22.8 Å². The largest absolute Gasteiger partial charge is 0.462 e. The molecule has 0 aliphatic rings. The summed E-state index contributed by atoms with van der Waals surface area (Å²) in [5.41, 5.74) is 2.07. The molecule has 180 valence electrons. The zero-order valence-corrected chi connectivity index (χ0v) is 20.3. The van der Waals surface area contributed by atoms with Crippen molar-refractivity contribution in [1.29, 1.82) is 0 Å². The summed E-state index contributed by atoms with van der Waals surface area (Å²) in [5.74, 6) is -1.10. The minimum Gasteiger partial charge on any atom is -0.462 e. The number of carbonyl (C=O) groups is 2. The van der Waals surface area contributed by atoms with E-state index in [0.717, 1.165) is 17.3 Å². The highest BCUT2D eigenvalue weighted by Crippen LogP contribution is 2.22. The van der Waals surface area contributed by atoms with Crippen molar-refractivity contribution in [3.05, 3.63) is 83.9 Å². The third-order valence-corrected chi connectivity index (χ3v) is 7.12. The van der Waals surface area contributed by atoms with Crippen molar-refractivity contribution in [3.8, 4) is 0 Å². The van der Waals surface area contributed by atoms with Crippen LogP contribution >= 0.6 is 11.7 Å². The third-order valence-electron chi connectivity index (χ3n) is 5.08. The summed E-state index contributed by atoms with van der Waals surface area (Å²) < 4.78 is 42.3. The quantitative estimate of drug-likeness (QED) is 0.330. The average Bonchev–Trinajstić information content (AvgIpc) is 3.33. The molecule has 1 aromatic heterocycles. The van der Waals surface area contributed by atoms with Crippen molar-refractivity contribution in [1.82, 2.24) is 13.5 Å². The van der Waals surface area contributed by atoms with Crippen LogP contribution in [-0.4, -0.2) is 41.7 Å². The standard InChI is InChI=1S/C24H22N4O5S2/c1-2-33-24(30)17-10-6-11-18(15-17)25-23(29)20(14-16-8-4-3-5-9-16)28-35(31,32)21-13-7-12-19-22(21)27-34-26-19/h3-13,15,20,28H,2,14H2,1H3,(H,25,29)/t20-/m1/s1. The molecular weight excluding hydrogens is 488 g/mol. The van der Waals surface area contributed by atoms with E-state index in [0.29, 0.717) is 11.2 Å². The number of nitrogens with one attached hydrogen (secondary N) is 2. The monoisotopic (exact) mass is 510 g/mol. The number of amides is 1. The first kappa shape index (κ1) is 24.5. The number of benzene rings is 3. The van der Waals surface area contributed by atoms with Gasteiger partial charge < -0.3 is 10.1 Å². The summed E-state index contributed by atoms with van der Waals surface area (Å²) in [5, 5.41) is 2.71. The number of fused-ring (bicyclic) bond motifs is 1. The van der Waals surface area contributed by atoms with Crippen molar-refractivity contribution in [2.24, 2.45) is 0 Å². The summed E-state index contributed by atoms with van der Waals surface area (Å²) in [6.07, 6.45) is 0.106. The van der Waals surface area contributed by atoms with Crippen LogP contribution in [-0.2, 0) is 26.0 Å². The van der Waals surface area contributed by atoms with Gasteiger partial charge in [0.05, 0.1) is 23.9 Å². The van der Waals surface area contributed by atoms with Gasteiger partial charge in [0.25, 0.3) is 0 Å². The number of anilines is 1. The smallest absolute Gasteiger partial charge is 0.338 e. The number of nitrogens with zero attached hydrogens (tertiary/aromatic N) is 2. The van der Waals surface area contributed by atoms with E-state index in [-0.39, 0.29) is 29.0 Å². The molecule has 4 aromatic rings. The lowest BCUT2D eigenvalue weighted by Crippen LogP contribution is -2.45. The molecule has 2 N–H and O–H groups in total. The van der Waals surface area contributed by atoms with E-state index in [9.17, 15) is 18.0 Å². The first-order valence-electron chi connectivity index (χ1n) is 10.7. The van der Waals surface area contributed by atoms with Gasteiger partial charge in [-0.25, -0.2) is 13.2 Å². The van der Waals surface area contributed by atoms with E-state index in [1.165, 1.54) is 12.1 Å². The normalized spacial score (nSPS) is 12.3. The molecule has 1 heterocycles. The molecule has 0 bridgehead atoms. The molecule has 0 spiro atoms. The minimum absolute atomic E-state index is 0.0566. The van der Waals surface area contributed by atoms with E-state index < -0.39 is 27.9 Å². The fourth-order valence-corrected chi connectivity index (χ4v) is 5.42. The van der Waals surface area contributed by atoms with Crippen LogP contribution < -0.4 is 10.0 Å². The summed E-state index contributed by atoms with van der Waals surface area (Å²) >= 11 is 0.911. The Morgan fingerprint density at radius 3 is 2.54 bits per heavy atom. The van der Waals surface area contributed by atoms with Gasteiger partial charge in [-0.15, -0.1) is 0 Å². The second kappa shape index (κ2) is 10.7. The molecule has 1 atom stereocenters. The average molecular weight is 511 g/mol.